The number of benzene rings is 4. The monoisotopic (exact) mass is 545 g/mol. The van der Waals surface area contributed by atoms with Gasteiger partial charge in [-0.2, -0.15) is 0 Å². The fourth-order valence-corrected chi connectivity index (χ4v) is 5.97. The van der Waals surface area contributed by atoms with Crippen molar-refractivity contribution < 1.29 is 27.4 Å². The molecule has 0 amide bonds. The van der Waals surface area contributed by atoms with Crippen LogP contribution in [0.15, 0.2) is 93.4 Å². The maximum atomic E-state index is 13.9. The van der Waals surface area contributed by atoms with Gasteiger partial charge >= 0.3 is 0 Å². The predicted octanol–water partition coefficient (Wildman–Crippen LogP) is 5.07. The quantitative estimate of drug-likeness (QED) is 0.251. The van der Waals surface area contributed by atoms with E-state index in [-0.39, 0.29) is 21.9 Å². The van der Waals surface area contributed by atoms with E-state index in [0.717, 1.165) is 10.9 Å². The first-order valence-electron chi connectivity index (χ1n) is 12.1. The molecule has 4 aromatic carbocycles. The fourth-order valence-electron chi connectivity index (χ4n) is 4.69. The largest absolute Gasteiger partial charge is 0.493 e. The van der Waals surface area contributed by atoms with E-state index in [1.807, 2.05) is 6.07 Å². The minimum atomic E-state index is -3.66. The molecule has 0 aliphatic rings. The van der Waals surface area contributed by atoms with E-state index >= 15 is 0 Å². The summed E-state index contributed by atoms with van der Waals surface area (Å²) in [4.78, 5) is 14.3. The Bertz CT molecular complexity index is 1850. The van der Waals surface area contributed by atoms with Crippen molar-refractivity contribution in [2.24, 2.45) is 0 Å². The van der Waals surface area contributed by atoms with Gasteiger partial charge in [0, 0.05) is 16.8 Å². The molecule has 0 unspecified atom stereocenters. The van der Waals surface area contributed by atoms with Crippen LogP contribution < -0.4 is 24.5 Å². The SMILES string of the molecule is COc1cc2c(=O)n(Cc3ccc(S(=O)(=O)c4ccccc4)cc3)c3cc(OC)c(OC)cc3c2cc1OC. The van der Waals surface area contributed by atoms with Crippen molar-refractivity contribution in [1.29, 1.82) is 0 Å². The molecule has 9 heteroatoms. The summed E-state index contributed by atoms with van der Waals surface area (Å²) in [5.74, 6) is 1.92. The van der Waals surface area contributed by atoms with Crippen LogP contribution in [0.5, 0.6) is 23.0 Å². The maximum Gasteiger partial charge on any atom is 0.259 e. The molecule has 0 aliphatic carbocycles. The Hall–Kier alpha value is -4.50. The second kappa shape index (κ2) is 10.3. The molecular weight excluding hydrogens is 518 g/mol. The minimum absolute atomic E-state index is 0.177. The summed E-state index contributed by atoms with van der Waals surface area (Å²) in [6.45, 7) is 0.195. The molecule has 0 radical (unpaired) electrons. The van der Waals surface area contributed by atoms with Gasteiger partial charge in [0.2, 0.25) is 9.84 Å². The number of nitrogens with zero attached hydrogens (tertiary/aromatic N) is 1. The van der Waals surface area contributed by atoms with E-state index in [1.165, 1.54) is 14.2 Å². The van der Waals surface area contributed by atoms with Crippen LogP contribution in [0.2, 0.25) is 0 Å². The number of pyridine rings is 1. The minimum Gasteiger partial charge on any atom is -0.493 e. The first kappa shape index (κ1) is 26.1. The Balaban J connectivity index is 1.69. The molecule has 5 rings (SSSR count). The molecular formula is C30H27NO7S. The van der Waals surface area contributed by atoms with Crippen molar-refractivity contribution >= 4 is 31.5 Å². The summed E-state index contributed by atoms with van der Waals surface area (Å²) < 4.78 is 49.7. The van der Waals surface area contributed by atoms with E-state index in [9.17, 15) is 13.2 Å². The molecule has 200 valence electrons. The highest BCUT2D eigenvalue weighted by atomic mass is 32.2. The predicted molar refractivity (Wildman–Crippen MR) is 149 cm³/mol. The fraction of sp³-hybridized carbons (Fsp3) is 0.167. The van der Waals surface area contributed by atoms with Crippen LogP contribution >= 0.6 is 0 Å². The molecule has 1 heterocycles. The van der Waals surface area contributed by atoms with Crippen molar-refractivity contribution in [3.63, 3.8) is 0 Å². The third-order valence-corrected chi connectivity index (χ3v) is 8.50. The number of ether oxygens (including phenoxy) is 4. The standard InChI is InChI=1S/C30H27NO7S/c1-35-26-14-22-23-15-27(36-2)29(38-4)17-25(23)31(30(32)24(22)16-28(26)37-3)18-19-10-12-21(13-11-19)39(33,34)20-8-6-5-7-9-20/h5-17H,18H2,1-4H3. The van der Waals surface area contributed by atoms with Gasteiger partial charge in [0.05, 0.1) is 55.7 Å². The molecule has 0 spiro atoms. The normalized spacial score (nSPS) is 11.5. The highest BCUT2D eigenvalue weighted by molar-refractivity contribution is 7.91. The molecule has 0 saturated heterocycles. The van der Waals surface area contributed by atoms with Crippen molar-refractivity contribution in [1.82, 2.24) is 4.57 Å². The lowest BCUT2D eigenvalue weighted by atomic mass is 10.0. The van der Waals surface area contributed by atoms with E-state index in [4.69, 9.17) is 18.9 Å². The third-order valence-electron chi connectivity index (χ3n) is 6.71. The molecule has 1 aromatic heterocycles. The van der Waals surface area contributed by atoms with Crippen LogP contribution in [0.25, 0.3) is 21.7 Å². The van der Waals surface area contributed by atoms with Gasteiger partial charge in [0.15, 0.2) is 23.0 Å². The lowest BCUT2D eigenvalue weighted by molar-refractivity contribution is 0.355. The van der Waals surface area contributed by atoms with E-state index in [2.05, 4.69) is 0 Å². The van der Waals surface area contributed by atoms with Crippen molar-refractivity contribution in [3.8, 4) is 23.0 Å². The lowest BCUT2D eigenvalue weighted by Crippen LogP contribution is -2.22. The molecule has 39 heavy (non-hydrogen) atoms. The van der Waals surface area contributed by atoms with E-state index in [0.29, 0.717) is 39.3 Å². The average molecular weight is 546 g/mol. The number of hydrogen-bond donors (Lipinski definition) is 0. The van der Waals surface area contributed by atoms with Crippen molar-refractivity contribution in [2.75, 3.05) is 28.4 Å². The number of fused-ring (bicyclic) bond motifs is 3. The van der Waals surface area contributed by atoms with Crippen LogP contribution in [-0.2, 0) is 16.4 Å². The molecule has 0 fully saturated rings. The van der Waals surface area contributed by atoms with E-state index in [1.54, 1.807) is 91.6 Å². The molecule has 0 bridgehead atoms. The second-order valence-corrected chi connectivity index (χ2v) is 10.8. The average Bonchev–Trinajstić information content (AvgIpc) is 2.98. The van der Waals surface area contributed by atoms with Crippen LogP contribution in [0.3, 0.4) is 0 Å². The Kier molecular flexibility index (Phi) is 6.93. The summed E-state index contributed by atoms with van der Waals surface area (Å²) in [5, 5.41) is 1.87. The summed E-state index contributed by atoms with van der Waals surface area (Å²) in [7, 11) is 2.49. The molecule has 0 N–H and O–H groups in total. The highest BCUT2D eigenvalue weighted by Crippen LogP contribution is 2.38. The van der Waals surface area contributed by atoms with Crippen LogP contribution in [0.4, 0.5) is 0 Å². The first-order chi connectivity index (χ1) is 18.8. The third kappa shape index (κ3) is 4.55. The molecule has 0 atom stereocenters. The van der Waals surface area contributed by atoms with Gasteiger partial charge in [-0.15, -0.1) is 0 Å². The highest BCUT2D eigenvalue weighted by Gasteiger charge is 2.20. The maximum absolute atomic E-state index is 13.9. The van der Waals surface area contributed by atoms with Gasteiger partial charge in [-0.05, 0) is 48.0 Å². The summed E-state index contributed by atoms with van der Waals surface area (Å²) in [5.41, 5.74) is 1.13. The van der Waals surface area contributed by atoms with Crippen LogP contribution in [0, 0.1) is 0 Å². The molecule has 5 aromatic rings. The Labute approximate surface area is 225 Å². The zero-order valence-electron chi connectivity index (χ0n) is 21.9. The number of rotatable bonds is 8. The van der Waals surface area contributed by atoms with Gasteiger partial charge in [-0.1, -0.05) is 30.3 Å². The van der Waals surface area contributed by atoms with Gasteiger partial charge in [0.1, 0.15) is 0 Å². The van der Waals surface area contributed by atoms with Gasteiger partial charge in [0.25, 0.3) is 5.56 Å². The summed E-state index contributed by atoms with van der Waals surface area (Å²) in [6, 6.07) is 21.9. The zero-order valence-corrected chi connectivity index (χ0v) is 22.7. The molecule has 0 saturated carbocycles. The Morgan fingerprint density at radius 1 is 0.615 bits per heavy atom. The number of sulfone groups is 1. The second-order valence-electron chi connectivity index (χ2n) is 8.83. The summed E-state index contributed by atoms with van der Waals surface area (Å²) >= 11 is 0. The van der Waals surface area contributed by atoms with Gasteiger partial charge in [-0.25, -0.2) is 8.42 Å². The van der Waals surface area contributed by atoms with Crippen LogP contribution in [0.1, 0.15) is 5.56 Å². The molecule has 0 aliphatic heterocycles. The topological polar surface area (TPSA) is 93.1 Å². The van der Waals surface area contributed by atoms with Crippen LogP contribution in [-0.4, -0.2) is 41.4 Å². The van der Waals surface area contributed by atoms with Crippen molar-refractivity contribution in [3.05, 3.63) is 94.8 Å². The number of methoxy groups -OCH3 is 4. The summed E-state index contributed by atoms with van der Waals surface area (Å²) in [6.07, 6.45) is 0. The first-order valence-corrected chi connectivity index (χ1v) is 13.5. The zero-order chi connectivity index (χ0) is 27.7. The number of aromatic nitrogens is 1. The van der Waals surface area contributed by atoms with E-state index < -0.39 is 9.84 Å². The van der Waals surface area contributed by atoms with Gasteiger partial charge < -0.3 is 23.5 Å². The Morgan fingerprint density at radius 2 is 1.10 bits per heavy atom. The lowest BCUT2D eigenvalue weighted by Gasteiger charge is -2.18. The Morgan fingerprint density at radius 3 is 1.67 bits per heavy atom. The number of hydrogen-bond acceptors (Lipinski definition) is 7. The van der Waals surface area contributed by atoms with Gasteiger partial charge in [-0.3, -0.25) is 4.79 Å². The van der Waals surface area contributed by atoms with Crippen molar-refractivity contribution in [2.45, 2.75) is 16.3 Å². The molecule has 8 nitrogen and oxygen atoms in total. The smallest absolute Gasteiger partial charge is 0.259 e.